The van der Waals surface area contributed by atoms with E-state index >= 15 is 0 Å². The summed E-state index contributed by atoms with van der Waals surface area (Å²) >= 11 is 0. The highest BCUT2D eigenvalue weighted by Gasteiger charge is 2.34. The van der Waals surface area contributed by atoms with E-state index in [1.807, 2.05) is 34.9 Å². The van der Waals surface area contributed by atoms with Crippen molar-refractivity contribution in [3.63, 3.8) is 0 Å². The average molecular weight is 439 g/mol. The van der Waals surface area contributed by atoms with Crippen molar-refractivity contribution < 1.29 is 9.53 Å². The molecule has 6 heteroatoms. The number of imidazole rings is 1. The van der Waals surface area contributed by atoms with Crippen LogP contribution in [0.2, 0.25) is 0 Å². The number of nitrogens with one attached hydrogen (secondary N) is 1. The van der Waals surface area contributed by atoms with Crippen molar-refractivity contribution in [3.05, 3.63) is 78.5 Å². The topological polar surface area (TPSA) is 81.7 Å². The maximum absolute atomic E-state index is 12.2. The molecule has 0 unspecified atom stereocenters. The molecule has 6 nitrogen and oxygen atoms in total. The molecule has 0 bridgehead atoms. The first-order valence-electron chi connectivity index (χ1n) is 11.5. The highest BCUT2D eigenvalue weighted by atomic mass is 16.6. The molecule has 2 fully saturated rings. The number of hydrogen-bond donors (Lipinski definition) is 2. The van der Waals surface area contributed by atoms with Gasteiger partial charge in [-0.25, -0.2) is 9.78 Å². The molecule has 0 atom stereocenters. The third-order valence-electron chi connectivity index (χ3n) is 6.73. The first kappa shape index (κ1) is 20.0. The molecule has 6 rings (SSSR count). The van der Waals surface area contributed by atoms with Gasteiger partial charge in [0.1, 0.15) is 11.4 Å². The molecule has 0 spiro atoms. The molecule has 2 heterocycles. The maximum Gasteiger partial charge on any atom is 0.412 e. The van der Waals surface area contributed by atoms with Crippen LogP contribution in [-0.2, 0) is 5.54 Å². The summed E-state index contributed by atoms with van der Waals surface area (Å²) in [5, 5.41) is 2.86. The first-order chi connectivity index (χ1) is 16.1. The Morgan fingerprint density at radius 1 is 1.00 bits per heavy atom. The molecular weight excluding hydrogens is 412 g/mol. The second kappa shape index (κ2) is 7.74. The van der Waals surface area contributed by atoms with Crippen LogP contribution in [0.4, 0.5) is 4.79 Å². The molecule has 2 aromatic heterocycles. The number of carbonyl (C=O) groups excluding carboxylic acids is 1. The molecule has 2 aromatic carbocycles. The fraction of sp³-hybridized carbons (Fsp3) is 0.259. The number of benzene rings is 2. The molecule has 2 saturated carbocycles. The van der Waals surface area contributed by atoms with Crippen molar-refractivity contribution >= 4 is 11.7 Å². The number of hydrogen-bond acceptors (Lipinski definition) is 4. The van der Waals surface area contributed by atoms with Gasteiger partial charge in [-0.2, -0.15) is 0 Å². The Kier molecular flexibility index (Phi) is 4.69. The predicted octanol–water partition coefficient (Wildman–Crippen LogP) is 5.26. The highest BCUT2D eigenvalue weighted by molar-refractivity contribution is 5.82. The number of pyridine rings is 1. The van der Waals surface area contributed by atoms with Crippen LogP contribution in [0.5, 0.6) is 5.75 Å². The molecule has 2 aliphatic rings. The van der Waals surface area contributed by atoms with Crippen LogP contribution in [0.15, 0.2) is 72.9 Å². The van der Waals surface area contributed by atoms with Crippen molar-refractivity contribution in [2.45, 2.75) is 43.7 Å². The summed E-state index contributed by atoms with van der Waals surface area (Å²) in [6.45, 7) is 0. The maximum atomic E-state index is 12.2. The third kappa shape index (κ3) is 3.76. The van der Waals surface area contributed by atoms with Crippen LogP contribution in [-0.4, -0.2) is 21.5 Å². The van der Waals surface area contributed by atoms with Crippen molar-refractivity contribution in [1.29, 1.82) is 0 Å². The fourth-order valence-electron chi connectivity index (χ4n) is 4.50. The van der Waals surface area contributed by atoms with E-state index in [2.05, 4.69) is 41.7 Å². The Hall–Kier alpha value is -3.64. The molecule has 0 radical (unpaired) electrons. The van der Waals surface area contributed by atoms with Gasteiger partial charge in [0, 0.05) is 22.7 Å². The first-order valence-corrected chi connectivity index (χ1v) is 11.5. The summed E-state index contributed by atoms with van der Waals surface area (Å²) in [5.41, 5.74) is 12.2. The fourth-order valence-corrected chi connectivity index (χ4v) is 4.50. The molecule has 0 saturated heterocycles. The lowest BCUT2D eigenvalue weighted by Crippen LogP contribution is -2.43. The second-order valence-electron chi connectivity index (χ2n) is 9.16. The molecule has 4 aromatic rings. The van der Waals surface area contributed by atoms with E-state index in [-0.39, 0.29) is 11.6 Å². The normalized spacial score (nSPS) is 16.9. The largest absolute Gasteiger partial charge is 0.412 e. The number of fused-ring (bicyclic) bond motifs is 1. The number of amides is 1. The van der Waals surface area contributed by atoms with Gasteiger partial charge in [0.05, 0.1) is 17.6 Å². The van der Waals surface area contributed by atoms with Gasteiger partial charge in [-0.3, -0.25) is 4.40 Å². The standard InChI is InChI=1S/C27H26N4O2/c28-27(15-4-16-27)20-9-7-18(8-10-20)24-25(19-5-2-1-3-6-19)31-17-22(13-14-23(31)30-24)33-26(32)29-21-11-12-21/h1-3,5-10,13-14,17,21H,4,11-12,15-16,28H2,(H,29,32). The number of ether oxygens (including phenoxy) is 1. The lowest BCUT2D eigenvalue weighted by Gasteiger charge is -2.38. The Labute approximate surface area is 192 Å². The van der Waals surface area contributed by atoms with Gasteiger partial charge in [-0.15, -0.1) is 0 Å². The second-order valence-corrected chi connectivity index (χ2v) is 9.16. The molecule has 33 heavy (non-hydrogen) atoms. The number of carbonyl (C=O) groups is 1. The van der Waals surface area contributed by atoms with Crippen LogP contribution < -0.4 is 15.8 Å². The van der Waals surface area contributed by atoms with Crippen molar-refractivity contribution in [2.24, 2.45) is 5.73 Å². The van der Waals surface area contributed by atoms with Gasteiger partial charge in [0.15, 0.2) is 0 Å². The minimum absolute atomic E-state index is 0.188. The zero-order chi connectivity index (χ0) is 22.4. The van der Waals surface area contributed by atoms with Crippen LogP contribution in [0.3, 0.4) is 0 Å². The number of nitrogens with zero attached hydrogens (tertiary/aromatic N) is 2. The smallest absolute Gasteiger partial charge is 0.409 e. The molecule has 2 aliphatic carbocycles. The Balaban J connectivity index is 1.42. The van der Waals surface area contributed by atoms with Gasteiger partial charge < -0.3 is 15.8 Å². The minimum atomic E-state index is -0.416. The summed E-state index contributed by atoms with van der Waals surface area (Å²) in [5.74, 6) is 0.479. The number of aromatic nitrogens is 2. The summed E-state index contributed by atoms with van der Waals surface area (Å²) in [4.78, 5) is 17.1. The van der Waals surface area contributed by atoms with Crippen molar-refractivity contribution in [3.8, 4) is 28.3 Å². The summed E-state index contributed by atoms with van der Waals surface area (Å²) < 4.78 is 7.53. The lowest BCUT2D eigenvalue weighted by molar-refractivity contribution is 0.200. The van der Waals surface area contributed by atoms with E-state index in [0.29, 0.717) is 5.75 Å². The Bertz CT molecular complexity index is 1320. The third-order valence-corrected chi connectivity index (χ3v) is 6.73. The van der Waals surface area contributed by atoms with E-state index < -0.39 is 6.09 Å². The lowest BCUT2D eigenvalue weighted by atomic mass is 9.72. The van der Waals surface area contributed by atoms with Gasteiger partial charge >= 0.3 is 6.09 Å². The quantitative estimate of drug-likeness (QED) is 0.445. The van der Waals surface area contributed by atoms with Gasteiger partial charge in [0.25, 0.3) is 0 Å². The molecule has 166 valence electrons. The molecule has 1 amide bonds. The summed E-state index contributed by atoms with van der Waals surface area (Å²) in [7, 11) is 0. The zero-order valence-electron chi connectivity index (χ0n) is 18.3. The Morgan fingerprint density at radius 3 is 2.42 bits per heavy atom. The average Bonchev–Trinajstić information content (AvgIpc) is 3.55. The van der Waals surface area contributed by atoms with E-state index in [0.717, 1.165) is 53.8 Å². The van der Waals surface area contributed by atoms with E-state index in [4.69, 9.17) is 15.5 Å². The Morgan fingerprint density at radius 2 is 1.76 bits per heavy atom. The molecular formula is C27H26N4O2. The SMILES string of the molecule is NC1(c2ccc(-c3nc4ccc(OC(=O)NC5CC5)cn4c3-c3ccccc3)cc2)CCC1. The van der Waals surface area contributed by atoms with Crippen LogP contribution in [0.1, 0.15) is 37.7 Å². The summed E-state index contributed by atoms with van der Waals surface area (Å²) in [6, 6.07) is 22.5. The minimum Gasteiger partial charge on any atom is -0.409 e. The molecule has 3 N–H and O–H groups in total. The number of nitrogens with two attached hydrogens (primary N) is 1. The monoisotopic (exact) mass is 438 g/mol. The van der Waals surface area contributed by atoms with Crippen LogP contribution in [0, 0.1) is 0 Å². The van der Waals surface area contributed by atoms with E-state index in [9.17, 15) is 4.79 Å². The van der Waals surface area contributed by atoms with Crippen molar-refractivity contribution in [2.75, 3.05) is 0 Å². The number of rotatable bonds is 5. The van der Waals surface area contributed by atoms with Crippen LogP contribution >= 0.6 is 0 Å². The van der Waals surface area contributed by atoms with Gasteiger partial charge in [-0.1, -0.05) is 54.6 Å². The van der Waals surface area contributed by atoms with Crippen molar-refractivity contribution in [1.82, 2.24) is 14.7 Å². The molecule has 0 aliphatic heterocycles. The van der Waals surface area contributed by atoms with Crippen LogP contribution in [0.25, 0.3) is 28.2 Å². The predicted molar refractivity (Wildman–Crippen MR) is 128 cm³/mol. The van der Waals surface area contributed by atoms with Gasteiger partial charge in [0.2, 0.25) is 0 Å². The zero-order valence-corrected chi connectivity index (χ0v) is 18.3. The van der Waals surface area contributed by atoms with E-state index in [1.165, 1.54) is 12.0 Å². The van der Waals surface area contributed by atoms with E-state index in [1.54, 1.807) is 6.07 Å². The highest BCUT2D eigenvalue weighted by Crippen LogP contribution is 2.40. The summed E-state index contributed by atoms with van der Waals surface area (Å²) in [6.07, 6.45) is 6.70. The van der Waals surface area contributed by atoms with Gasteiger partial charge in [-0.05, 0) is 49.8 Å².